The molecule has 2 aromatic rings. The van der Waals surface area contributed by atoms with Gasteiger partial charge in [0, 0.05) is 29.2 Å². The van der Waals surface area contributed by atoms with Crippen LogP contribution in [-0.2, 0) is 13.1 Å². The lowest BCUT2D eigenvalue weighted by atomic mass is 10.1. The minimum Gasteiger partial charge on any atom is -0.308 e. The Balaban J connectivity index is 2.00. The fraction of sp³-hybridized carbons (Fsp3) is 0.133. The predicted molar refractivity (Wildman–Crippen MR) is 82.5 cm³/mol. The number of hydrogen-bond donors (Lipinski definition) is 1. The Kier molecular flexibility index (Phi) is 5.04. The van der Waals surface area contributed by atoms with Gasteiger partial charge in [0.05, 0.1) is 16.6 Å². The van der Waals surface area contributed by atoms with Crippen LogP contribution >= 0.6 is 15.9 Å². The maximum Gasteiger partial charge on any atom is 0.275 e. The molecule has 2 aromatic carbocycles. The second kappa shape index (κ2) is 6.97. The molecule has 0 atom stereocenters. The van der Waals surface area contributed by atoms with E-state index in [1.165, 1.54) is 6.07 Å². The van der Waals surface area contributed by atoms with Crippen LogP contribution in [0.4, 0.5) is 5.69 Å². The van der Waals surface area contributed by atoms with E-state index in [1.807, 2.05) is 12.1 Å². The van der Waals surface area contributed by atoms with Crippen LogP contribution in [0.1, 0.15) is 16.7 Å². The summed E-state index contributed by atoms with van der Waals surface area (Å²) in [4.78, 5) is 10.6. The summed E-state index contributed by atoms with van der Waals surface area (Å²) < 4.78 is 0.685. The summed E-state index contributed by atoms with van der Waals surface area (Å²) in [7, 11) is 0. The van der Waals surface area contributed by atoms with Crippen LogP contribution in [0.2, 0.25) is 0 Å². The van der Waals surface area contributed by atoms with Gasteiger partial charge in [0.1, 0.15) is 0 Å². The second-order valence-corrected chi connectivity index (χ2v) is 5.36. The van der Waals surface area contributed by atoms with Crippen LogP contribution in [0.15, 0.2) is 46.9 Å². The van der Waals surface area contributed by atoms with Gasteiger partial charge in [-0.25, -0.2) is 0 Å². The molecule has 0 bridgehead atoms. The van der Waals surface area contributed by atoms with Crippen LogP contribution in [-0.4, -0.2) is 4.92 Å². The minimum atomic E-state index is -0.385. The van der Waals surface area contributed by atoms with Crippen molar-refractivity contribution in [2.45, 2.75) is 13.1 Å². The highest BCUT2D eigenvalue weighted by atomic mass is 79.9. The highest BCUT2D eigenvalue weighted by Gasteiger charge is 2.13. The Morgan fingerprint density at radius 1 is 1.19 bits per heavy atom. The molecule has 5 nitrogen and oxygen atoms in total. The van der Waals surface area contributed by atoms with Gasteiger partial charge in [-0.3, -0.25) is 10.1 Å². The number of hydrogen-bond acceptors (Lipinski definition) is 4. The fourth-order valence-electron chi connectivity index (χ4n) is 1.90. The van der Waals surface area contributed by atoms with Crippen LogP contribution in [0, 0.1) is 21.4 Å². The summed E-state index contributed by atoms with van der Waals surface area (Å²) in [6.45, 7) is 0.989. The molecule has 0 unspecified atom stereocenters. The highest BCUT2D eigenvalue weighted by Crippen LogP contribution is 2.23. The van der Waals surface area contributed by atoms with Crippen molar-refractivity contribution < 1.29 is 4.92 Å². The third-order valence-corrected chi connectivity index (χ3v) is 3.46. The summed E-state index contributed by atoms with van der Waals surface area (Å²) in [5.74, 6) is 0. The molecule has 1 N–H and O–H groups in total. The Bertz CT molecular complexity index is 693. The van der Waals surface area contributed by atoms with Crippen molar-refractivity contribution in [2.75, 3.05) is 0 Å². The van der Waals surface area contributed by atoms with E-state index < -0.39 is 0 Å². The molecule has 0 saturated heterocycles. The molecule has 0 aliphatic carbocycles. The van der Waals surface area contributed by atoms with Crippen LogP contribution in [0.25, 0.3) is 0 Å². The van der Waals surface area contributed by atoms with E-state index in [0.29, 0.717) is 28.7 Å². The smallest absolute Gasteiger partial charge is 0.275 e. The summed E-state index contributed by atoms with van der Waals surface area (Å²) in [5.41, 5.74) is 2.37. The first-order valence-electron chi connectivity index (χ1n) is 6.22. The van der Waals surface area contributed by atoms with E-state index in [0.717, 1.165) is 5.56 Å². The van der Waals surface area contributed by atoms with E-state index in [4.69, 9.17) is 5.26 Å². The quantitative estimate of drug-likeness (QED) is 0.664. The van der Waals surface area contributed by atoms with Gasteiger partial charge in [-0.15, -0.1) is 0 Å². The van der Waals surface area contributed by atoms with Gasteiger partial charge in [0.15, 0.2) is 0 Å². The molecule has 0 radical (unpaired) electrons. The first-order chi connectivity index (χ1) is 10.1. The summed E-state index contributed by atoms with van der Waals surface area (Å²) in [5, 5.41) is 22.9. The van der Waals surface area contributed by atoms with Crippen molar-refractivity contribution in [3.8, 4) is 6.07 Å². The molecule has 2 rings (SSSR count). The lowest BCUT2D eigenvalue weighted by molar-refractivity contribution is -0.385. The van der Waals surface area contributed by atoms with E-state index in [1.54, 1.807) is 24.3 Å². The van der Waals surface area contributed by atoms with Crippen molar-refractivity contribution in [3.63, 3.8) is 0 Å². The third-order valence-electron chi connectivity index (χ3n) is 2.97. The van der Waals surface area contributed by atoms with Crippen molar-refractivity contribution in [1.29, 1.82) is 5.26 Å². The molecule has 0 aromatic heterocycles. The normalized spacial score (nSPS) is 10.1. The van der Waals surface area contributed by atoms with Gasteiger partial charge in [0.2, 0.25) is 0 Å². The Labute approximate surface area is 130 Å². The average molecular weight is 346 g/mol. The first kappa shape index (κ1) is 15.2. The topological polar surface area (TPSA) is 79.0 Å². The zero-order valence-electron chi connectivity index (χ0n) is 11.0. The highest BCUT2D eigenvalue weighted by molar-refractivity contribution is 9.10. The van der Waals surface area contributed by atoms with Crippen LogP contribution in [0.3, 0.4) is 0 Å². The van der Waals surface area contributed by atoms with Crippen LogP contribution in [0.5, 0.6) is 0 Å². The maximum absolute atomic E-state index is 11.0. The SMILES string of the molecule is N#Cc1ccc(CNCc2ccc(Br)cc2[N+](=O)[O-])cc1. The van der Waals surface area contributed by atoms with Crippen molar-refractivity contribution in [1.82, 2.24) is 5.32 Å². The summed E-state index contributed by atoms with van der Waals surface area (Å²) in [6, 6.07) is 14.3. The Hall–Kier alpha value is -2.23. The number of rotatable bonds is 5. The van der Waals surface area contributed by atoms with Crippen LogP contribution < -0.4 is 5.32 Å². The number of nitriles is 1. The molecular formula is C15H12BrN3O2. The second-order valence-electron chi connectivity index (χ2n) is 4.44. The molecule has 6 heteroatoms. The fourth-order valence-corrected chi connectivity index (χ4v) is 2.24. The molecule has 0 aliphatic heterocycles. The number of nitrogens with one attached hydrogen (secondary N) is 1. The summed E-state index contributed by atoms with van der Waals surface area (Å²) >= 11 is 3.23. The van der Waals surface area contributed by atoms with Crippen molar-refractivity contribution in [2.24, 2.45) is 0 Å². The lowest BCUT2D eigenvalue weighted by Gasteiger charge is -2.06. The standard InChI is InChI=1S/C15H12BrN3O2/c16-14-6-5-13(15(7-14)19(20)21)10-18-9-12-3-1-11(8-17)2-4-12/h1-7,18H,9-10H2. The predicted octanol–water partition coefficient (Wildman–Crippen LogP) is 3.52. The number of nitro benzene ring substituents is 1. The molecule has 106 valence electrons. The average Bonchev–Trinajstić information content (AvgIpc) is 2.49. The van der Waals surface area contributed by atoms with E-state index in [9.17, 15) is 10.1 Å². The third kappa shape index (κ3) is 4.12. The Morgan fingerprint density at radius 3 is 2.52 bits per heavy atom. The number of benzene rings is 2. The van der Waals surface area contributed by atoms with Gasteiger partial charge in [-0.1, -0.05) is 28.1 Å². The maximum atomic E-state index is 11.0. The van der Waals surface area contributed by atoms with Gasteiger partial charge in [-0.2, -0.15) is 5.26 Å². The minimum absolute atomic E-state index is 0.0942. The molecule has 0 heterocycles. The van der Waals surface area contributed by atoms with Gasteiger partial charge < -0.3 is 5.32 Å². The zero-order chi connectivity index (χ0) is 15.2. The van der Waals surface area contributed by atoms with Crippen molar-refractivity contribution in [3.05, 3.63) is 73.7 Å². The molecule has 0 amide bonds. The largest absolute Gasteiger partial charge is 0.308 e. The molecule has 0 saturated carbocycles. The van der Waals surface area contributed by atoms with Gasteiger partial charge in [0.25, 0.3) is 5.69 Å². The van der Waals surface area contributed by atoms with E-state index >= 15 is 0 Å². The first-order valence-corrected chi connectivity index (χ1v) is 7.02. The Morgan fingerprint density at radius 2 is 1.90 bits per heavy atom. The van der Waals surface area contributed by atoms with Gasteiger partial charge >= 0.3 is 0 Å². The lowest BCUT2D eigenvalue weighted by Crippen LogP contribution is -2.13. The zero-order valence-corrected chi connectivity index (χ0v) is 12.6. The van der Waals surface area contributed by atoms with E-state index in [-0.39, 0.29) is 10.6 Å². The number of halogens is 1. The summed E-state index contributed by atoms with van der Waals surface area (Å²) in [6.07, 6.45) is 0. The molecule has 0 spiro atoms. The number of nitro groups is 1. The molecule has 0 fully saturated rings. The number of nitrogens with zero attached hydrogens (tertiary/aromatic N) is 2. The molecule has 21 heavy (non-hydrogen) atoms. The molecule has 0 aliphatic rings. The van der Waals surface area contributed by atoms with Gasteiger partial charge in [-0.05, 0) is 29.8 Å². The van der Waals surface area contributed by atoms with E-state index in [2.05, 4.69) is 27.3 Å². The molecular weight excluding hydrogens is 334 g/mol. The van der Waals surface area contributed by atoms with Crippen molar-refractivity contribution >= 4 is 21.6 Å². The monoisotopic (exact) mass is 345 g/mol.